The first kappa shape index (κ1) is 18.9. The summed E-state index contributed by atoms with van der Waals surface area (Å²) >= 11 is 0. The lowest BCUT2D eigenvalue weighted by Crippen LogP contribution is -2.61. The van der Waals surface area contributed by atoms with Crippen molar-refractivity contribution in [2.75, 3.05) is 26.3 Å². The molecule has 136 valence electrons. The van der Waals surface area contributed by atoms with Gasteiger partial charge in [-0.3, -0.25) is 14.5 Å². The van der Waals surface area contributed by atoms with Crippen molar-refractivity contribution >= 4 is 12.4 Å². The maximum absolute atomic E-state index is 11.6. The second-order valence-corrected chi connectivity index (χ2v) is 6.59. The summed E-state index contributed by atoms with van der Waals surface area (Å²) in [6, 6.07) is -0.546. The van der Waals surface area contributed by atoms with Gasteiger partial charge < -0.3 is 20.5 Å². The number of amides is 1. The minimum absolute atomic E-state index is 0.0722. The molecule has 0 saturated carbocycles. The van der Waals surface area contributed by atoms with Crippen LogP contribution in [-0.2, 0) is 19.1 Å². The fourth-order valence-corrected chi connectivity index (χ4v) is 3.67. The Bertz CT molecular complexity index is 469. The molecule has 1 heterocycles. The summed E-state index contributed by atoms with van der Waals surface area (Å²) in [5, 5.41) is 2.97. The summed E-state index contributed by atoms with van der Waals surface area (Å²) in [6.45, 7) is 7.22. The first-order valence-electron chi connectivity index (χ1n) is 8.70. The number of rotatable bonds is 7. The Morgan fingerprint density at radius 3 is 3.00 bits per heavy atom. The summed E-state index contributed by atoms with van der Waals surface area (Å²) in [5.74, 6) is 0.950. The first-order valence-corrected chi connectivity index (χ1v) is 8.70. The normalized spacial score (nSPS) is 31.2. The van der Waals surface area contributed by atoms with E-state index in [1.54, 1.807) is 0 Å². The molecule has 0 radical (unpaired) electrons. The molecular formula is C17H29N3O4. The van der Waals surface area contributed by atoms with E-state index in [1.807, 2.05) is 13.0 Å². The van der Waals surface area contributed by atoms with Gasteiger partial charge in [-0.25, -0.2) is 0 Å². The number of nitrogens with zero attached hydrogens (tertiary/aromatic N) is 1. The van der Waals surface area contributed by atoms with E-state index in [0.29, 0.717) is 24.6 Å². The molecule has 1 fully saturated rings. The third-order valence-electron chi connectivity index (χ3n) is 4.72. The van der Waals surface area contributed by atoms with Crippen LogP contribution in [0.25, 0.3) is 0 Å². The molecule has 0 unspecified atom stereocenters. The predicted octanol–water partition coefficient (Wildman–Crippen LogP) is 0.396. The Kier molecular flexibility index (Phi) is 7.20. The van der Waals surface area contributed by atoms with Crippen molar-refractivity contribution < 1.29 is 19.1 Å². The molecule has 24 heavy (non-hydrogen) atoms. The van der Waals surface area contributed by atoms with Crippen LogP contribution >= 0.6 is 0 Å². The summed E-state index contributed by atoms with van der Waals surface area (Å²) in [5.41, 5.74) is 6.26. The molecule has 3 N–H and O–H groups in total. The molecule has 0 spiro atoms. The van der Waals surface area contributed by atoms with E-state index in [1.165, 1.54) is 6.92 Å². The maximum Gasteiger partial charge on any atom is 0.298 e. The molecule has 1 amide bonds. The zero-order valence-corrected chi connectivity index (χ0v) is 14.6. The van der Waals surface area contributed by atoms with E-state index < -0.39 is 0 Å². The van der Waals surface area contributed by atoms with Crippen LogP contribution in [0.4, 0.5) is 0 Å². The number of hydrogen-bond acceptors (Lipinski definition) is 6. The van der Waals surface area contributed by atoms with Crippen LogP contribution in [0.2, 0.25) is 0 Å². The molecular weight excluding hydrogens is 310 g/mol. The average Bonchev–Trinajstić information content (AvgIpc) is 2.55. The van der Waals surface area contributed by atoms with E-state index >= 15 is 0 Å². The topological polar surface area (TPSA) is 93.9 Å². The van der Waals surface area contributed by atoms with Gasteiger partial charge in [-0.1, -0.05) is 0 Å². The molecule has 7 heteroatoms. The molecule has 1 aliphatic heterocycles. The number of carbonyl (C=O) groups excluding carboxylic acids is 2. The number of carbonyl (C=O) groups is 2. The van der Waals surface area contributed by atoms with Crippen LogP contribution in [0.15, 0.2) is 11.8 Å². The summed E-state index contributed by atoms with van der Waals surface area (Å²) < 4.78 is 10.6. The second-order valence-electron chi connectivity index (χ2n) is 6.59. The van der Waals surface area contributed by atoms with Gasteiger partial charge in [-0.05, 0) is 38.3 Å². The van der Waals surface area contributed by atoms with Gasteiger partial charge in [0.15, 0.2) is 0 Å². The lowest BCUT2D eigenvalue weighted by atomic mass is 9.87. The van der Waals surface area contributed by atoms with E-state index in [2.05, 4.69) is 10.2 Å². The van der Waals surface area contributed by atoms with Crippen molar-refractivity contribution in [1.82, 2.24) is 10.2 Å². The van der Waals surface area contributed by atoms with Crippen LogP contribution in [-0.4, -0.2) is 61.7 Å². The smallest absolute Gasteiger partial charge is 0.298 e. The maximum atomic E-state index is 11.6. The van der Waals surface area contributed by atoms with Gasteiger partial charge in [-0.2, -0.15) is 0 Å². The molecule has 2 aliphatic rings. The molecule has 0 aromatic heterocycles. The molecule has 7 nitrogen and oxygen atoms in total. The average molecular weight is 339 g/mol. The van der Waals surface area contributed by atoms with Crippen molar-refractivity contribution in [3.8, 4) is 0 Å². The van der Waals surface area contributed by atoms with Crippen LogP contribution in [0.1, 0.15) is 33.1 Å². The fourth-order valence-electron chi connectivity index (χ4n) is 3.67. The number of hydrogen-bond donors (Lipinski definition) is 2. The lowest BCUT2D eigenvalue weighted by Gasteiger charge is -2.44. The van der Waals surface area contributed by atoms with Crippen molar-refractivity contribution in [2.24, 2.45) is 11.7 Å². The number of likely N-dealkylation sites (tertiary alicyclic amines) is 1. The van der Waals surface area contributed by atoms with E-state index in [0.717, 1.165) is 39.1 Å². The van der Waals surface area contributed by atoms with Gasteiger partial charge in [0.1, 0.15) is 5.76 Å². The summed E-state index contributed by atoms with van der Waals surface area (Å²) in [6.07, 6.45) is 4.59. The van der Waals surface area contributed by atoms with Gasteiger partial charge in [0.25, 0.3) is 6.47 Å². The second kappa shape index (κ2) is 9.15. The Morgan fingerprint density at radius 1 is 1.54 bits per heavy atom. The highest BCUT2D eigenvalue weighted by molar-refractivity contribution is 5.73. The quantitative estimate of drug-likeness (QED) is 0.652. The third kappa shape index (κ3) is 5.03. The first-order chi connectivity index (χ1) is 11.5. The Hall–Kier alpha value is -1.44. The van der Waals surface area contributed by atoms with E-state index in [-0.39, 0.29) is 24.0 Å². The molecule has 0 bridgehead atoms. The number of nitrogens with two attached hydrogens (primary N) is 1. The predicted molar refractivity (Wildman–Crippen MR) is 90.0 cm³/mol. The van der Waals surface area contributed by atoms with Crippen molar-refractivity contribution in [1.29, 1.82) is 0 Å². The van der Waals surface area contributed by atoms with Gasteiger partial charge >= 0.3 is 0 Å². The van der Waals surface area contributed by atoms with E-state index in [9.17, 15) is 9.59 Å². The largest absolute Gasteiger partial charge is 0.434 e. The number of ether oxygens (including phenoxy) is 2. The van der Waals surface area contributed by atoms with Gasteiger partial charge in [0, 0.05) is 32.5 Å². The molecule has 0 aromatic rings. The zero-order chi connectivity index (χ0) is 17.5. The summed E-state index contributed by atoms with van der Waals surface area (Å²) in [7, 11) is 0. The number of nitrogens with one attached hydrogen (secondary N) is 1. The third-order valence-corrected chi connectivity index (χ3v) is 4.72. The number of piperidine rings is 1. The van der Waals surface area contributed by atoms with Crippen LogP contribution < -0.4 is 11.1 Å². The Labute approximate surface area is 143 Å². The van der Waals surface area contributed by atoms with Crippen molar-refractivity contribution in [3.05, 3.63) is 11.8 Å². The van der Waals surface area contributed by atoms with Gasteiger partial charge in [-0.15, -0.1) is 0 Å². The van der Waals surface area contributed by atoms with Gasteiger partial charge in [0.05, 0.1) is 18.7 Å². The lowest BCUT2D eigenvalue weighted by molar-refractivity contribution is -0.126. The summed E-state index contributed by atoms with van der Waals surface area (Å²) in [4.78, 5) is 24.6. The molecule has 1 aliphatic carbocycles. The standard InChI is InChI=1S/C17H29N3O4/c1-3-23-10-13-5-4-6-20(9-13)16-8-14(24-11-21)7-15(18)17(16)19-12(2)22/h8,11,13,15-17H,3-7,9-10,18H2,1-2H3,(H,19,22)/t13-,15-,16+,17+/m0/s1. The molecule has 1 saturated heterocycles. The minimum Gasteiger partial charge on any atom is -0.434 e. The van der Waals surface area contributed by atoms with Crippen LogP contribution in [0, 0.1) is 5.92 Å². The Balaban J connectivity index is 2.14. The zero-order valence-electron chi connectivity index (χ0n) is 14.6. The molecule has 4 atom stereocenters. The van der Waals surface area contributed by atoms with E-state index in [4.69, 9.17) is 15.2 Å². The van der Waals surface area contributed by atoms with Crippen molar-refractivity contribution in [3.63, 3.8) is 0 Å². The van der Waals surface area contributed by atoms with Crippen molar-refractivity contribution in [2.45, 2.75) is 51.2 Å². The molecule has 2 rings (SSSR count). The monoisotopic (exact) mass is 339 g/mol. The van der Waals surface area contributed by atoms with Crippen LogP contribution in [0.5, 0.6) is 0 Å². The van der Waals surface area contributed by atoms with Gasteiger partial charge in [0.2, 0.25) is 5.91 Å². The minimum atomic E-state index is -0.286. The highest BCUT2D eigenvalue weighted by Gasteiger charge is 2.37. The molecule has 0 aromatic carbocycles. The highest BCUT2D eigenvalue weighted by atomic mass is 16.5. The highest BCUT2D eigenvalue weighted by Crippen LogP contribution is 2.27. The Morgan fingerprint density at radius 2 is 2.33 bits per heavy atom. The fraction of sp³-hybridized carbons (Fsp3) is 0.765. The van der Waals surface area contributed by atoms with Crippen LogP contribution in [0.3, 0.4) is 0 Å². The SMILES string of the molecule is CCOC[C@H]1CCCN([C@@H]2C=C(OC=O)C[C@H](N)[C@H]2NC(C)=O)C1.